The fourth-order valence-electron chi connectivity index (χ4n) is 4.28. The first-order valence-electron chi connectivity index (χ1n) is 8.08. The summed E-state index contributed by atoms with van der Waals surface area (Å²) >= 11 is 12.2. The summed E-state index contributed by atoms with van der Waals surface area (Å²) in [4.78, 5) is 2.40. The van der Waals surface area contributed by atoms with Crippen LogP contribution in [0.1, 0.15) is 31.2 Å². The zero-order chi connectivity index (χ0) is 15.3. The van der Waals surface area contributed by atoms with Gasteiger partial charge in [-0.15, -0.1) is 12.4 Å². The molecule has 1 aliphatic carbocycles. The van der Waals surface area contributed by atoms with E-state index < -0.39 is 0 Å². The molecule has 1 N–H and O–H groups in total. The molecule has 3 fully saturated rings. The molecule has 0 aromatic heterocycles. The number of halogens is 3. The van der Waals surface area contributed by atoms with Gasteiger partial charge in [0.05, 0.1) is 28.9 Å². The van der Waals surface area contributed by atoms with Crippen LogP contribution in [0.3, 0.4) is 0 Å². The number of aliphatic hydroxyl groups excluding tert-OH is 1. The normalized spacial score (nSPS) is 29.9. The van der Waals surface area contributed by atoms with E-state index in [1.165, 1.54) is 0 Å². The number of rotatable bonds is 4. The molecule has 2 aliphatic heterocycles. The van der Waals surface area contributed by atoms with E-state index in [2.05, 4.69) is 4.90 Å². The first-order valence-corrected chi connectivity index (χ1v) is 8.83. The zero-order valence-electron chi connectivity index (χ0n) is 12.9. The number of likely N-dealkylation sites (tertiary alicyclic amines) is 1. The Balaban J connectivity index is 0.00000156. The predicted molar refractivity (Wildman–Crippen MR) is 95.0 cm³/mol. The van der Waals surface area contributed by atoms with Crippen molar-refractivity contribution in [2.45, 2.75) is 49.3 Å². The summed E-state index contributed by atoms with van der Waals surface area (Å²) in [7, 11) is 0. The Morgan fingerprint density at radius 2 is 2.09 bits per heavy atom. The number of aliphatic hydroxyl groups is 1. The molecule has 2 bridgehead atoms. The number of β-amino-alcohol motifs (C(OH)–C–C–N with tert-alkyl or cyclic N) is 1. The van der Waals surface area contributed by atoms with Crippen LogP contribution in [0.15, 0.2) is 18.2 Å². The molecule has 1 aromatic rings. The molecule has 2 saturated heterocycles. The van der Waals surface area contributed by atoms with Crippen molar-refractivity contribution in [2.75, 3.05) is 19.7 Å². The van der Waals surface area contributed by atoms with Crippen LogP contribution >= 0.6 is 35.6 Å². The molecule has 1 saturated carbocycles. The largest absolute Gasteiger partial charge is 0.391 e. The van der Waals surface area contributed by atoms with Gasteiger partial charge in [-0.1, -0.05) is 35.7 Å². The topological polar surface area (TPSA) is 32.7 Å². The van der Waals surface area contributed by atoms with E-state index in [9.17, 15) is 5.11 Å². The van der Waals surface area contributed by atoms with Crippen LogP contribution in [0.5, 0.6) is 0 Å². The van der Waals surface area contributed by atoms with Crippen LogP contribution in [0.25, 0.3) is 0 Å². The molecule has 128 valence electrons. The van der Waals surface area contributed by atoms with Crippen LogP contribution in [0, 0.1) is 0 Å². The molecule has 23 heavy (non-hydrogen) atoms. The number of nitrogens with zero attached hydrogens (tertiary/aromatic N) is 1. The van der Waals surface area contributed by atoms with E-state index in [1.54, 1.807) is 0 Å². The Morgan fingerprint density at radius 3 is 2.61 bits per heavy atom. The van der Waals surface area contributed by atoms with Crippen molar-refractivity contribution in [3.8, 4) is 0 Å². The molecule has 1 aromatic carbocycles. The Morgan fingerprint density at radius 1 is 1.30 bits per heavy atom. The number of ether oxygens (including phenoxy) is 1. The van der Waals surface area contributed by atoms with Gasteiger partial charge in [0.1, 0.15) is 0 Å². The van der Waals surface area contributed by atoms with Crippen molar-refractivity contribution in [1.82, 2.24) is 4.90 Å². The Bertz CT molecular complexity index is 579. The molecule has 6 heteroatoms. The van der Waals surface area contributed by atoms with Gasteiger partial charge >= 0.3 is 0 Å². The standard InChI is InChI=1S/C17H21Cl2NO2.ClH/c18-14-3-2-11(6-15(14)19)17(4-1-5-17)16(21)9-20-8-13-7-12(20)10-22-13;/h2-3,6,12-13,16,21H,1,4-5,7-10H2;1H. The molecule has 2 heterocycles. The van der Waals surface area contributed by atoms with E-state index in [0.717, 1.165) is 50.9 Å². The lowest BCUT2D eigenvalue weighted by atomic mass is 9.61. The molecular weight excluding hydrogens is 357 g/mol. The van der Waals surface area contributed by atoms with Crippen molar-refractivity contribution >= 4 is 35.6 Å². The second-order valence-corrected chi connectivity index (χ2v) is 7.77. The highest BCUT2D eigenvalue weighted by Gasteiger charge is 2.48. The summed E-state index contributed by atoms with van der Waals surface area (Å²) in [5.41, 5.74) is 0.970. The molecule has 3 unspecified atom stereocenters. The molecule has 0 radical (unpaired) electrons. The maximum atomic E-state index is 11.0. The van der Waals surface area contributed by atoms with Gasteiger partial charge in [-0.25, -0.2) is 0 Å². The lowest BCUT2D eigenvalue weighted by Gasteiger charge is -2.47. The predicted octanol–water partition coefficient (Wildman–Crippen LogP) is 3.67. The van der Waals surface area contributed by atoms with Gasteiger partial charge in [-0.05, 0) is 37.0 Å². The van der Waals surface area contributed by atoms with E-state index in [-0.39, 0.29) is 23.9 Å². The van der Waals surface area contributed by atoms with E-state index in [4.69, 9.17) is 27.9 Å². The number of benzene rings is 1. The zero-order valence-corrected chi connectivity index (χ0v) is 15.2. The molecule has 3 nitrogen and oxygen atoms in total. The summed E-state index contributed by atoms with van der Waals surface area (Å²) in [6.45, 7) is 2.50. The van der Waals surface area contributed by atoms with Crippen molar-refractivity contribution in [3.05, 3.63) is 33.8 Å². The van der Waals surface area contributed by atoms with Gasteiger partial charge in [-0.2, -0.15) is 0 Å². The van der Waals surface area contributed by atoms with Crippen molar-refractivity contribution in [1.29, 1.82) is 0 Å². The fraction of sp³-hybridized carbons (Fsp3) is 0.647. The average Bonchev–Trinajstić information content (AvgIpc) is 3.04. The highest BCUT2D eigenvalue weighted by atomic mass is 35.5. The van der Waals surface area contributed by atoms with Crippen LogP contribution in [0.2, 0.25) is 10.0 Å². The maximum Gasteiger partial charge on any atom is 0.0763 e. The third-order valence-electron chi connectivity index (χ3n) is 5.80. The summed E-state index contributed by atoms with van der Waals surface area (Å²) in [5, 5.41) is 12.1. The van der Waals surface area contributed by atoms with Crippen molar-refractivity contribution in [3.63, 3.8) is 0 Å². The monoisotopic (exact) mass is 377 g/mol. The van der Waals surface area contributed by atoms with Gasteiger partial charge < -0.3 is 9.84 Å². The minimum atomic E-state index is -0.363. The highest BCUT2D eigenvalue weighted by molar-refractivity contribution is 6.42. The second-order valence-electron chi connectivity index (χ2n) is 6.95. The molecule has 3 aliphatic rings. The van der Waals surface area contributed by atoms with Crippen LogP contribution in [0.4, 0.5) is 0 Å². The van der Waals surface area contributed by atoms with Crippen LogP contribution in [-0.4, -0.2) is 48.0 Å². The van der Waals surface area contributed by atoms with E-state index >= 15 is 0 Å². The quantitative estimate of drug-likeness (QED) is 0.867. The Kier molecular flexibility index (Phi) is 5.18. The average molecular weight is 379 g/mol. The van der Waals surface area contributed by atoms with Gasteiger partial charge in [0.15, 0.2) is 0 Å². The summed E-state index contributed by atoms with van der Waals surface area (Å²) in [6, 6.07) is 6.30. The Labute approximate surface area is 153 Å². The number of fused-ring (bicyclic) bond motifs is 2. The van der Waals surface area contributed by atoms with E-state index in [0.29, 0.717) is 22.2 Å². The number of hydrogen-bond acceptors (Lipinski definition) is 3. The second kappa shape index (κ2) is 6.70. The fourth-order valence-corrected chi connectivity index (χ4v) is 4.58. The third-order valence-corrected chi connectivity index (χ3v) is 6.54. The molecule has 0 amide bonds. The summed E-state index contributed by atoms with van der Waals surface area (Å²) in [5.74, 6) is 0. The van der Waals surface area contributed by atoms with Gasteiger partial charge in [0, 0.05) is 24.5 Å². The van der Waals surface area contributed by atoms with Gasteiger partial charge in [0.2, 0.25) is 0 Å². The maximum absolute atomic E-state index is 11.0. The number of morpholine rings is 1. The van der Waals surface area contributed by atoms with Crippen molar-refractivity contribution < 1.29 is 9.84 Å². The highest BCUT2D eigenvalue weighted by Crippen LogP contribution is 2.48. The van der Waals surface area contributed by atoms with Crippen LogP contribution in [-0.2, 0) is 10.2 Å². The van der Waals surface area contributed by atoms with Gasteiger partial charge in [-0.3, -0.25) is 4.90 Å². The molecule has 0 spiro atoms. The molecular formula is C17H22Cl3NO2. The molecule has 4 rings (SSSR count). The van der Waals surface area contributed by atoms with Crippen LogP contribution < -0.4 is 0 Å². The summed E-state index contributed by atoms with van der Waals surface area (Å²) < 4.78 is 5.65. The smallest absolute Gasteiger partial charge is 0.0763 e. The lowest BCUT2D eigenvalue weighted by Crippen LogP contribution is -2.52. The van der Waals surface area contributed by atoms with Gasteiger partial charge in [0.25, 0.3) is 0 Å². The third kappa shape index (κ3) is 3.01. The Hall–Kier alpha value is -0.0300. The summed E-state index contributed by atoms with van der Waals surface area (Å²) in [6.07, 6.45) is 4.33. The van der Waals surface area contributed by atoms with E-state index in [1.807, 2.05) is 18.2 Å². The first-order chi connectivity index (χ1) is 10.6. The SMILES string of the molecule is Cl.OC(CN1CC2CC1CO2)C1(c2ccc(Cl)c(Cl)c2)CCC1. The first kappa shape index (κ1) is 17.8. The molecule has 3 atom stereocenters. The number of hydrogen-bond donors (Lipinski definition) is 1. The lowest BCUT2D eigenvalue weighted by molar-refractivity contribution is -0.0289. The van der Waals surface area contributed by atoms with Crippen molar-refractivity contribution in [2.24, 2.45) is 0 Å². The minimum Gasteiger partial charge on any atom is -0.391 e. The minimum absolute atomic E-state index is 0.